The van der Waals surface area contributed by atoms with Crippen LogP contribution in [0.25, 0.3) is 0 Å². The lowest BCUT2D eigenvalue weighted by Gasteiger charge is -2.28. The van der Waals surface area contributed by atoms with Crippen molar-refractivity contribution < 1.29 is 26.7 Å². The van der Waals surface area contributed by atoms with Crippen LogP contribution in [0.2, 0.25) is 5.15 Å². The van der Waals surface area contributed by atoms with Gasteiger partial charge in [0.05, 0.1) is 6.10 Å². The van der Waals surface area contributed by atoms with Crippen LogP contribution in [0.1, 0.15) is 31.4 Å². The third-order valence-electron chi connectivity index (χ3n) is 3.43. The molecule has 2 rings (SSSR count). The molecule has 0 amide bonds. The van der Waals surface area contributed by atoms with E-state index >= 15 is 0 Å². The number of alkyl halides is 3. The van der Waals surface area contributed by atoms with Crippen molar-refractivity contribution in [1.82, 2.24) is 9.71 Å². The van der Waals surface area contributed by atoms with Crippen molar-refractivity contribution >= 4 is 21.6 Å². The normalized spacial score (nSPS) is 23.5. The number of aliphatic hydroxyl groups is 1. The number of halogens is 4. The highest BCUT2D eigenvalue weighted by Gasteiger charge is 2.35. The van der Waals surface area contributed by atoms with Gasteiger partial charge in [0.1, 0.15) is 15.7 Å². The summed E-state index contributed by atoms with van der Waals surface area (Å²) < 4.78 is 64.2. The first kappa shape index (κ1) is 17.5. The third kappa shape index (κ3) is 3.89. The van der Waals surface area contributed by atoms with E-state index in [1.807, 2.05) is 0 Å². The lowest BCUT2D eigenvalue weighted by molar-refractivity contribution is -0.141. The average molecular weight is 359 g/mol. The SMILES string of the molecule is O=S(=O)(N[C@H]1CCCC[C@H]1O)c1ccc(C(F)(F)F)nc1Cl. The fourth-order valence-corrected chi connectivity index (χ4v) is 4.07. The lowest BCUT2D eigenvalue weighted by atomic mass is 9.93. The molecule has 0 saturated heterocycles. The van der Waals surface area contributed by atoms with Gasteiger partial charge in [-0.1, -0.05) is 24.4 Å². The van der Waals surface area contributed by atoms with Gasteiger partial charge in [0.25, 0.3) is 0 Å². The molecule has 0 aliphatic heterocycles. The van der Waals surface area contributed by atoms with Gasteiger partial charge in [-0.05, 0) is 25.0 Å². The Morgan fingerprint density at radius 1 is 1.27 bits per heavy atom. The van der Waals surface area contributed by atoms with Crippen LogP contribution in [0, 0.1) is 0 Å². The second-order valence-corrected chi connectivity index (χ2v) is 7.10. The van der Waals surface area contributed by atoms with Gasteiger partial charge in [0.2, 0.25) is 10.0 Å². The van der Waals surface area contributed by atoms with Crippen LogP contribution < -0.4 is 4.72 Å². The van der Waals surface area contributed by atoms with Gasteiger partial charge in [-0.15, -0.1) is 0 Å². The van der Waals surface area contributed by atoms with Gasteiger partial charge >= 0.3 is 6.18 Å². The van der Waals surface area contributed by atoms with E-state index in [2.05, 4.69) is 9.71 Å². The summed E-state index contributed by atoms with van der Waals surface area (Å²) in [6.45, 7) is 0. The molecule has 1 aliphatic rings. The Bertz CT molecular complexity index is 652. The van der Waals surface area contributed by atoms with Gasteiger partial charge in [-0.2, -0.15) is 13.2 Å². The average Bonchev–Trinajstić information content (AvgIpc) is 2.40. The van der Waals surface area contributed by atoms with Crippen LogP contribution in [0.3, 0.4) is 0 Å². The van der Waals surface area contributed by atoms with Crippen molar-refractivity contribution in [2.75, 3.05) is 0 Å². The third-order valence-corrected chi connectivity index (χ3v) is 5.35. The van der Waals surface area contributed by atoms with E-state index in [4.69, 9.17) is 11.6 Å². The summed E-state index contributed by atoms with van der Waals surface area (Å²) in [4.78, 5) is 2.54. The van der Waals surface area contributed by atoms with E-state index in [1.54, 1.807) is 0 Å². The van der Waals surface area contributed by atoms with Crippen molar-refractivity contribution in [3.63, 3.8) is 0 Å². The first-order chi connectivity index (χ1) is 10.1. The second-order valence-electron chi connectivity index (χ2n) is 5.06. The molecule has 1 heterocycles. The van der Waals surface area contributed by atoms with Crippen molar-refractivity contribution in [3.8, 4) is 0 Å². The van der Waals surface area contributed by atoms with Crippen LogP contribution in [0.4, 0.5) is 13.2 Å². The largest absolute Gasteiger partial charge is 0.433 e. The lowest BCUT2D eigenvalue weighted by Crippen LogP contribution is -2.45. The molecule has 0 spiro atoms. The minimum absolute atomic E-state index is 0.450. The molecule has 1 aliphatic carbocycles. The highest BCUT2D eigenvalue weighted by molar-refractivity contribution is 7.89. The predicted molar refractivity (Wildman–Crippen MR) is 72.8 cm³/mol. The molecule has 10 heteroatoms. The molecule has 0 aromatic carbocycles. The van der Waals surface area contributed by atoms with Gasteiger partial charge in [-0.3, -0.25) is 0 Å². The molecule has 0 radical (unpaired) electrons. The summed E-state index contributed by atoms with van der Waals surface area (Å²) in [5, 5.41) is 9.02. The Labute approximate surface area is 130 Å². The molecule has 2 atom stereocenters. The Morgan fingerprint density at radius 3 is 2.45 bits per heavy atom. The molecule has 5 nitrogen and oxygen atoms in total. The van der Waals surface area contributed by atoms with Crippen LogP contribution in [-0.2, 0) is 16.2 Å². The summed E-state index contributed by atoms with van der Waals surface area (Å²) in [6, 6.07) is 0.630. The van der Waals surface area contributed by atoms with Crippen molar-refractivity contribution in [2.45, 2.75) is 48.9 Å². The van der Waals surface area contributed by atoms with Gasteiger partial charge in [-0.25, -0.2) is 18.1 Å². The number of hydrogen-bond donors (Lipinski definition) is 2. The summed E-state index contributed by atoms with van der Waals surface area (Å²) >= 11 is 5.58. The molecule has 124 valence electrons. The number of aromatic nitrogens is 1. The van der Waals surface area contributed by atoms with Gasteiger partial charge in [0.15, 0.2) is 0 Å². The Balaban J connectivity index is 2.26. The zero-order valence-corrected chi connectivity index (χ0v) is 12.8. The van der Waals surface area contributed by atoms with Gasteiger partial charge in [0, 0.05) is 6.04 Å². The van der Waals surface area contributed by atoms with Crippen molar-refractivity contribution in [3.05, 3.63) is 23.0 Å². The summed E-state index contributed by atoms with van der Waals surface area (Å²) in [5.41, 5.74) is -1.27. The molecule has 0 bridgehead atoms. The maximum atomic E-state index is 12.5. The highest BCUT2D eigenvalue weighted by atomic mass is 35.5. The van der Waals surface area contributed by atoms with Crippen LogP contribution in [0.15, 0.2) is 17.0 Å². The zero-order chi connectivity index (χ0) is 16.5. The fraction of sp³-hybridized carbons (Fsp3) is 0.583. The molecule has 2 N–H and O–H groups in total. The standard InChI is InChI=1S/C12H14ClF3N2O3S/c13-11-9(5-6-10(17-11)12(14,15)16)22(20,21)18-7-3-1-2-4-8(7)19/h5-8,18-19H,1-4H2/t7-,8+/m0/s1. The predicted octanol–water partition coefficient (Wildman–Crippen LogP) is 2.34. The van der Waals surface area contributed by atoms with Gasteiger partial charge < -0.3 is 5.11 Å². The van der Waals surface area contributed by atoms with E-state index in [1.165, 1.54) is 0 Å². The summed E-state index contributed by atoms with van der Waals surface area (Å²) in [5.74, 6) is 0. The summed E-state index contributed by atoms with van der Waals surface area (Å²) in [7, 11) is -4.16. The smallest absolute Gasteiger partial charge is 0.391 e. The highest BCUT2D eigenvalue weighted by Crippen LogP contribution is 2.31. The molecular weight excluding hydrogens is 345 g/mol. The van der Waals surface area contributed by atoms with E-state index in [0.29, 0.717) is 18.9 Å². The minimum atomic E-state index is -4.71. The number of pyridine rings is 1. The first-order valence-electron chi connectivity index (χ1n) is 6.55. The molecule has 1 aromatic heterocycles. The number of nitrogens with one attached hydrogen (secondary N) is 1. The van der Waals surface area contributed by atoms with Crippen LogP contribution in [-0.4, -0.2) is 30.7 Å². The van der Waals surface area contributed by atoms with E-state index in [9.17, 15) is 26.7 Å². The maximum absolute atomic E-state index is 12.5. The second kappa shape index (κ2) is 6.31. The molecule has 1 fully saturated rings. The van der Waals surface area contributed by atoms with Crippen molar-refractivity contribution in [2.24, 2.45) is 0 Å². The molecule has 22 heavy (non-hydrogen) atoms. The van der Waals surface area contributed by atoms with E-state index < -0.39 is 44.1 Å². The Morgan fingerprint density at radius 2 is 1.91 bits per heavy atom. The zero-order valence-electron chi connectivity index (χ0n) is 11.3. The van der Waals surface area contributed by atoms with E-state index in [0.717, 1.165) is 18.9 Å². The maximum Gasteiger partial charge on any atom is 0.433 e. The number of rotatable bonds is 3. The first-order valence-corrected chi connectivity index (χ1v) is 8.41. The molecular formula is C12H14ClF3N2O3S. The molecule has 0 unspecified atom stereocenters. The Kier molecular flexibility index (Phi) is 5.00. The number of nitrogens with zero attached hydrogens (tertiary/aromatic N) is 1. The molecule has 1 saturated carbocycles. The van der Waals surface area contributed by atoms with Crippen LogP contribution in [0.5, 0.6) is 0 Å². The number of hydrogen-bond acceptors (Lipinski definition) is 4. The number of sulfonamides is 1. The Hall–Kier alpha value is -0.900. The monoisotopic (exact) mass is 358 g/mol. The quantitative estimate of drug-likeness (QED) is 0.813. The van der Waals surface area contributed by atoms with Crippen molar-refractivity contribution in [1.29, 1.82) is 0 Å². The minimum Gasteiger partial charge on any atom is -0.391 e. The van der Waals surface area contributed by atoms with E-state index in [-0.39, 0.29) is 0 Å². The molecule has 1 aromatic rings. The fourth-order valence-electron chi connectivity index (χ4n) is 2.29. The topological polar surface area (TPSA) is 79.3 Å². The summed E-state index contributed by atoms with van der Waals surface area (Å²) in [6.07, 6.45) is -3.08. The van der Waals surface area contributed by atoms with Crippen LogP contribution >= 0.6 is 11.6 Å². The number of aliphatic hydroxyl groups excluding tert-OH is 1.